The Balaban J connectivity index is 1.38. The summed E-state index contributed by atoms with van der Waals surface area (Å²) < 4.78 is 13.0. The number of benzene rings is 1. The maximum Gasteiger partial charge on any atom is 0.317 e. The fourth-order valence-corrected chi connectivity index (χ4v) is 4.22. The van der Waals surface area contributed by atoms with Crippen LogP contribution in [0, 0.1) is 18.7 Å². The lowest BCUT2D eigenvalue weighted by Gasteiger charge is -2.33. The van der Waals surface area contributed by atoms with Gasteiger partial charge in [-0.3, -0.25) is 9.69 Å². The number of carbonyl (C=O) groups excluding carboxylic acids is 2. The molecule has 2 aromatic rings. The van der Waals surface area contributed by atoms with E-state index >= 15 is 0 Å². The molecule has 1 saturated heterocycles. The van der Waals surface area contributed by atoms with Crippen molar-refractivity contribution in [2.24, 2.45) is 5.92 Å². The Kier molecular flexibility index (Phi) is 7.33. The van der Waals surface area contributed by atoms with Crippen molar-refractivity contribution in [1.82, 2.24) is 20.1 Å². The number of nitrogens with one attached hydrogen (secondary N) is 1. The van der Waals surface area contributed by atoms with E-state index in [1.165, 1.54) is 24.3 Å². The minimum atomic E-state index is -0.336. The summed E-state index contributed by atoms with van der Waals surface area (Å²) in [6.07, 6.45) is 3.70. The van der Waals surface area contributed by atoms with Gasteiger partial charge in [-0.1, -0.05) is 0 Å². The highest BCUT2D eigenvalue weighted by atomic mass is 32.1. The van der Waals surface area contributed by atoms with Crippen LogP contribution in [0.5, 0.6) is 0 Å². The highest BCUT2D eigenvalue weighted by Crippen LogP contribution is 2.19. The number of carbonyl (C=O) groups is 2. The molecule has 3 rings (SSSR count). The maximum atomic E-state index is 13.0. The van der Waals surface area contributed by atoms with E-state index in [0.29, 0.717) is 31.1 Å². The molecule has 0 aliphatic carbocycles. The molecule has 0 saturated carbocycles. The van der Waals surface area contributed by atoms with Crippen molar-refractivity contribution in [1.29, 1.82) is 0 Å². The third-order valence-electron chi connectivity index (χ3n) is 5.18. The highest BCUT2D eigenvalue weighted by molar-refractivity contribution is 7.11. The first kappa shape index (κ1) is 21.4. The number of hydrogen-bond donors (Lipinski definition) is 1. The lowest BCUT2D eigenvalue weighted by Crippen LogP contribution is -2.43. The summed E-state index contributed by atoms with van der Waals surface area (Å²) in [6, 6.07) is 5.61. The smallest absolute Gasteiger partial charge is 0.317 e. The third kappa shape index (κ3) is 6.33. The van der Waals surface area contributed by atoms with Gasteiger partial charge in [0.25, 0.3) is 0 Å². The zero-order valence-electron chi connectivity index (χ0n) is 16.9. The molecule has 2 heterocycles. The molecule has 1 N–H and O–H groups in total. The molecule has 0 spiro atoms. The first-order chi connectivity index (χ1) is 13.9. The number of hydrogen-bond acceptors (Lipinski definition) is 5. The average molecular weight is 419 g/mol. The summed E-state index contributed by atoms with van der Waals surface area (Å²) in [5, 5.41) is 3.82. The van der Waals surface area contributed by atoms with Gasteiger partial charge >= 0.3 is 6.03 Å². The van der Waals surface area contributed by atoms with Crippen LogP contribution in [-0.2, 0) is 6.54 Å². The van der Waals surface area contributed by atoms with Crippen LogP contribution in [0.3, 0.4) is 0 Å². The number of amides is 2. The second kappa shape index (κ2) is 9.93. The lowest BCUT2D eigenvalue weighted by molar-refractivity contribution is 0.0886. The second-order valence-corrected chi connectivity index (χ2v) is 8.87. The quantitative estimate of drug-likeness (QED) is 0.701. The topological polar surface area (TPSA) is 65.5 Å². The van der Waals surface area contributed by atoms with Crippen molar-refractivity contribution in [3.8, 4) is 0 Å². The average Bonchev–Trinajstić information content (AvgIpc) is 3.13. The van der Waals surface area contributed by atoms with Crippen LogP contribution >= 0.6 is 11.3 Å². The number of aryl methyl sites for hydroxylation is 1. The number of urea groups is 1. The van der Waals surface area contributed by atoms with E-state index in [1.807, 2.05) is 20.2 Å². The fraction of sp³-hybridized carbons (Fsp3) is 0.476. The minimum Gasteiger partial charge on any atom is -0.331 e. The number of aromatic nitrogens is 1. The Morgan fingerprint density at radius 3 is 2.59 bits per heavy atom. The summed E-state index contributed by atoms with van der Waals surface area (Å²) in [7, 11) is 1.81. The fourth-order valence-electron chi connectivity index (χ4n) is 3.50. The van der Waals surface area contributed by atoms with E-state index in [-0.39, 0.29) is 17.6 Å². The molecule has 29 heavy (non-hydrogen) atoms. The van der Waals surface area contributed by atoms with Gasteiger partial charge in [0, 0.05) is 30.2 Å². The van der Waals surface area contributed by atoms with Crippen molar-refractivity contribution < 1.29 is 14.0 Å². The molecule has 1 fully saturated rings. The molecular weight excluding hydrogens is 391 g/mol. The van der Waals surface area contributed by atoms with Crippen molar-refractivity contribution in [2.75, 3.05) is 33.2 Å². The van der Waals surface area contributed by atoms with Gasteiger partial charge in [0.15, 0.2) is 5.78 Å². The Morgan fingerprint density at radius 2 is 1.97 bits per heavy atom. The van der Waals surface area contributed by atoms with Crippen molar-refractivity contribution in [2.45, 2.75) is 26.3 Å². The molecule has 0 radical (unpaired) electrons. The van der Waals surface area contributed by atoms with Crippen LogP contribution in [0.15, 0.2) is 30.5 Å². The van der Waals surface area contributed by atoms with Crippen LogP contribution in [0.2, 0.25) is 0 Å². The Bertz CT molecular complexity index is 831. The number of nitrogens with zero attached hydrogens (tertiary/aromatic N) is 3. The summed E-state index contributed by atoms with van der Waals surface area (Å²) in [5.41, 5.74) is 0.542. The van der Waals surface area contributed by atoms with E-state index in [2.05, 4.69) is 15.2 Å². The largest absolute Gasteiger partial charge is 0.331 e. The van der Waals surface area contributed by atoms with Crippen molar-refractivity contribution in [3.05, 3.63) is 51.7 Å². The third-order valence-corrected chi connectivity index (χ3v) is 6.09. The Morgan fingerprint density at radius 1 is 1.28 bits per heavy atom. The van der Waals surface area contributed by atoms with Gasteiger partial charge in [0.2, 0.25) is 0 Å². The number of rotatable bonds is 7. The maximum absolute atomic E-state index is 13.0. The number of piperidine rings is 1. The molecule has 2 amide bonds. The van der Waals surface area contributed by atoms with Crippen LogP contribution in [-0.4, -0.2) is 59.8 Å². The number of ketones is 1. The predicted molar refractivity (Wildman–Crippen MR) is 112 cm³/mol. The van der Waals surface area contributed by atoms with Gasteiger partial charge in [-0.25, -0.2) is 14.2 Å². The van der Waals surface area contributed by atoms with E-state index in [1.54, 1.807) is 16.2 Å². The van der Waals surface area contributed by atoms with E-state index in [0.717, 1.165) is 35.8 Å². The minimum absolute atomic E-state index is 0.0115. The molecule has 0 atom stereocenters. The van der Waals surface area contributed by atoms with Crippen LogP contribution in [0.4, 0.5) is 9.18 Å². The zero-order valence-corrected chi connectivity index (χ0v) is 17.7. The molecule has 6 nitrogen and oxygen atoms in total. The lowest BCUT2D eigenvalue weighted by atomic mass is 9.96. The molecule has 8 heteroatoms. The summed E-state index contributed by atoms with van der Waals surface area (Å²) >= 11 is 1.59. The summed E-state index contributed by atoms with van der Waals surface area (Å²) in [5.74, 6) is 0.0969. The normalized spacial score (nSPS) is 15.3. The Hall–Kier alpha value is -2.32. The first-order valence-electron chi connectivity index (χ1n) is 9.82. The summed E-state index contributed by atoms with van der Waals surface area (Å²) in [4.78, 5) is 33.9. The number of thiazole rings is 1. The van der Waals surface area contributed by atoms with Gasteiger partial charge < -0.3 is 10.2 Å². The molecule has 1 aliphatic rings. The predicted octanol–water partition coefficient (Wildman–Crippen LogP) is 3.33. The molecule has 1 aliphatic heterocycles. The molecule has 1 aromatic heterocycles. The molecule has 0 unspecified atom stereocenters. The second-order valence-electron chi connectivity index (χ2n) is 7.55. The van der Waals surface area contributed by atoms with Gasteiger partial charge in [-0.15, -0.1) is 11.3 Å². The molecule has 1 aromatic carbocycles. The molecule has 156 valence electrons. The number of Topliss-reactive ketones (excluding diaryl/α,β-unsaturated/α-hetero) is 1. The van der Waals surface area contributed by atoms with Crippen LogP contribution in [0.1, 0.15) is 33.1 Å². The monoisotopic (exact) mass is 418 g/mol. The number of halogens is 1. The van der Waals surface area contributed by atoms with Crippen molar-refractivity contribution >= 4 is 23.2 Å². The summed E-state index contributed by atoms with van der Waals surface area (Å²) in [6.45, 7) is 5.14. The van der Waals surface area contributed by atoms with Gasteiger partial charge in [-0.05, 0) is 63.0 Å². The molecule has 0 bridgehead atoms. The Labute approximate surface area is 174 Å². The van der Waals surface area contributed by atoms with Gasteiger partial charge in [0.05, 0.1) is 13.1 Å². The highest BCUT2D eigenvalue weighted by Gasteiger charge is 2.23. The van der Waals surface area contributed by atoms with Crippen LogP contribution in [0.25, 0.3) is 0 Å². The van der Waals surface area contributed by atoms with E-state index in [9.17, 15) is 14.0 Å². The SMILES string of the molecule is Cc1cnc(CNC(=O)N(C)CC2CCN(CC(=O)c3ccc(F)cc3)CC2)s1. The van der Waals surface area contributed by atoms with Gasteiger partial charge in [-0.2, -0.15) is 0 Å². The zero-order chi connectivity index (χ0) is 20.8. The first-order valence-corrected chi connectivity index (χ1v) is 10.6. The van der Waals surface area contributed by atoms with Crippen molar-refractivity contribution in [3.63, 3.8) is 0 Å². The van der Waals surface area contributed by atoms with Gasteiger partial charge in [0.1, 0.15) is 10.8 Å². The molecular formula is C21H27FN4O2S. The van der Waals surface area contributed by atoms with Crippen LogP contribution < -0.4 is 5.32 Å². The number of likely N-dealkylation sites (tertiary alicyclic amines) is 1. The van der Waals surface area contributed by atoms with E-state index in [4.69, 9.17) is 0 Å². The standard InChI is InChI=1S/C21H27FN4O2S/c1-15-11-23-20(29-15)12-24-21(28)25(2)13-16-7-9-26(10-8-16)14-19(27)17-3-5-18(22)6-4-17/h3-6,11,16H,7-10,12-14H2,1-2H3,(H,24,28). The van der Waals surface area contributed by atoms with E-state index < -0.39 is 0 Å².